The number of esters is 1. The first-order valence-electron chi connectivity index (χ1n) is 6.13. The number of carbonyl (C=O) groups excluding carboxylic acids is 1. The molecule has 1 rings (SSSR count). The zero-order valence-electron chi connectivity index (χ0n) is 10.7. The fourth-order valence-corrected chi connectivity index (χ4v) is 2.05. The maximum atomic E-state index is 11.5. The lowest BCUT2D eigenvalue weighted by Crippen LogP contribution is -2.32. The third kappa shape index (κ3) is 3.96. The van der Waals surface area contributed by atoms with Crippen molar-refractivity contribution in [2.24, 2.45) is 5.92 Å². The average Bonchev–Trinajstić information content (AvgIpc) is 2.55. The van der Waals surface area contributed by atoms with Crippen LogP contribution in [0.3, 0.4) is 0 Å². The van der Waals surface area contributed by atoms with E-state index in [2.05, 4.69) is 0 Å². The summed E-state index contributed by atoms with van der Waals surface area (Å²) < 4.78 is 10.9. The minimum absolute atomic E-state index is 0.0344. The van der Waals surface area contributed by atoms with Crippen LogP contribution in [0.25, 0.3) is 0 Å². The zero-order chi connectivity index (χ0) is 13.7. The largest absolute Gasteiger partial charge is 0.481 e. The molecule has 0 amide bonds. The second-order valence-electron chi connectivity index (χ2n) is 4.60. The molecule has 0 spiro atoms. The van der Waals surface area contributed by atoms with Crippen LogP contribution in [0, 0.1) is 5.92 Å². The molecule has 0 aromatic carbocycles. The lowest BCUT2D eigenvalue weighted by Gasteiger charge is -2.20. The molecule has 0 radical (unpaired) electrons. The van der Waals surface area contributed by atoms with Crippen molar-refractivity contribution in [3.05, 3.63) is 0 Å². The number of carboxylic acid groups (broad SMARTS) is 1. The second kappa shape index (κ2) is 6.70. The summed E-state index contributed by atoms with van der Waals surface area (Å²) >= 11 is 0. The first kappa shape index (κ1) is 14.9. The van der Waals surface area contributed by atoms with Gasteiger partial charge in [-0.15, -0.1) is 0 Å². The highest BCUT2D eigenvalue weighted by Gasteiger charge is 2.41. The molecule has 1 saturated heterocycles. The highest BCUT2D eigenvalue weighted by atomic mass is 16.6. The molecular weight excluding hydrogens is 240 g/mol. The van der Waals surface area contributed by atoms with E-state index in [9.17, 15) is 9.59 Å². The predicted molar refractivity (Wildman–Crippen MR) is 62.0 cm³/mol. The number of ether oxygens (including phenoxy) is 2. The molecule has 104 valence electrons. The quantitative estimate of drug-likeness (QED) is 0.678. The summed E-state index contributed by atoms with van der Waals surface area (Å²) in [5, 5.41) is 17.4. The van der Waals surface area contributed by atoms with Crippen molar-refractivity contribution < 1.29 is 29.3 Å². The van der Waals surface area contributed by atoms with Gasteiger partial charge >= 0.3 is 11.9 Å². The van der Waals surface area contributed by atoms with Gasteiger partial charge in [0, 0.05) is 18.9 Å². The molecule has 1 unspecified atom stereocenters. The monoisotopic (exact) mass is 260 g/mol. The van der Waals surface area contributed by atoms with E-state index in [-0.39, 0.29) is 37.6 Å². The van der Waals surface area contributed by atoms with E-state index in [1.807, 2.05) is 13.8 Å². The molecule has 0 aromatic heterocycles. The van der Waals surface area contributed by atoms with Crippen LogP contribution in [-0.2, 0) is 19.1 Å². The van der Waals surface area contributed by atoms with Crippen molar-refractivity contribution in [2.75, 3.05) is 6.61 Å². The summed E-state index contributed by atoms with van der Waals surface area (Å²) in [6, 6.07) is 0. The van der Waals surface area contributed by atoms with Crippen LogP contribution in [0.15, 0.2) is 0 Å². The summed E-state index contributed by atoms with van der Waals surface area (Å²) in [5.74, 6) is -1.52. The maximum absolute atomic E-state index is 11.5. The molecule has 1 aliphatic heterocycles. The van der Waals surface area contributed by atoms with Gasteiger partial charge in [-0.05, 0) is 6.92 Å². The highest BCUT2D eigenvalue weighted by molar-refractivity contribution is 5.76. The minimum Gasteiger partial charge on any atom is -0.481 e. The number of aliphatic hydroxyl groups is 1. The van der Waals surface area contributed by atoms with Gasteiger partial charge in [-0.25, -0.2) is 0 Å². The number of aliphatic hydroxyl groups excluding tert-OH is 1. The van der Waals surface area contributed by atoms with Gasteiger partial charge in [0.25, 0.3) is 0 Å². The van der Waals surface area contributed by atoms with Gasteiger partial charge in [0.05, 0.1) is 25.0 Å². The topological polar surface area (TPSA) is 93.1 Å². The Kier molecular flexibility index (Phi) is 5.55. The Hall–Kier alpha value is -1.14. The lowest BCUT2D eigenvalue weighted by atomic mass is 9.98. The Morgan fingerprint density at radius 1 is 1.28 bits per heavy atom. The van der Waals surface area contributed by atoms with Crippen molar-refractivity contribution in [1.82, 2.24) is 0 Å². The number of rotatable bonds is 6. The Bertz CT molecular complexity index is 303. The van der Waals surface area contributed by atoms with Crippen LogP contribution >= 0.6 is 0 Å². The molecule has 1 aliphatic rings. The van der Waals surface area contributed by atoms with Gasteiger partial charge < -0.3 is 19.7 Å². The van der Waals surface area contributed by atoms with Crippen molar-refractivity contribution in [3.63, 3.8) is 0 Å². The first-order valence-corrected chi connectivity index (χ1v) is 6.13. The van der Waals surface area contributed by atoms with E-state index in [1.165, 1.54) is 0 Å². The first-order chi connectivity index (χ1) is 8.45. The van der Waals surface area contributed by atoms with Gasteiger partial charge in [0.1, 0.15) is 6.10 Å². The van der Waals surface area contributed by atoms with E-state index >= 15 is 0 Å². The van der Waals surface area contributed by atoms with Crippen LogP contribution in [0.1, 0.15) is 33.1 Å². The summed E-state index contributed by atoms with van der Waals surface area (Å²) in [6.45, 7) is 3.77. The average molecular weight is 260 g/mol. The molecule has 0 aromatic rings. The smallest absolute Gasteiger partial charge is 0.306 e. The number of carbonyl (C=O) groups is 2. The van der Waals surface area contributed by atoms with Gasteiger partial charge in [-0.1, -0.05) is 6.92 Å². The van der Waals surface area contributed by atoms with E-state index in [4.69, 9.17) is 19.7 Å². The van der Waals surface area contributed by atoms with Crippen LogP contribution in [-0.4, -0.2) is 47.1 Å². The summed E-state index contributed by atoms with van der Waals surface area (Å²) in [4.78, 5) is 21.9. The number of hydrogen-bond donors (Lipinski definition) is 2. The van der Waals surface area contributed by atoms with Gasteiger partial charge in [0.2, 0.25) is 0 Å². The van der Waals surface area contributed by atoms with Crippen molar-refractivity contribution >= 4 is 11.9 Å². The Morgan fingerprint density at radius 3 is 2.50 bits per heavy atom. The molecule has 18 heavy (non-hydrogen) atoms. The van der Waals surface area contributed by atoms with E-state index in [0.717, 1.165) is 0 Å². The minimum atomic E-state index is -1.03. The SMILES string of the molecule is C[C@@H]1O[C@H](CCO)C(OC(=O)CCC(=O)O)[C@@H]1C. The zero-order valence-corrected chi connectivity index (χ0v) is 10.7. The number of carboxylic acids is 1. The Morgan fingerprint density at radius 2 is 1.94 bits per heavy atom. The van der Waals surface area contributed by atoms with Gasteiger partial charge in [0.15, 0.2) is 0 Å². The highest BCUT2D eigenvalue weighted by Crippen LogP contribution is 2.31. The predicted octanol–water partition coefficient (Wildman–Crippen LogP) is 0.569. The van der Waals surface area contributed by atoms with Gasteiger partial charge in [-0.3, -0.25) is 9.59 Å². The Balaban J connectivity index is 2.51. The molecule has 2 N–H and O–H groups in total. The number of aliphatic carboxylic acids is 1. The molecule has 6 heteroatoms. The standard InChI is InChI=1S/C12H20O6/c1-7-8(2)17-9(5-6-13)12(7)18-11(16)4-3-10(14)15/h7-9,12-13H,3-6H2,1-2H3,(H,14,15)/t7-,8+,9-,12?/m1/s1. The molecule has 0 aliphatic carbocycles. The van der Waals surface area contributed by atoms with Crippen molar-refractivity contribution in [3.8, 4) is 0 Å². The van der Waals surface area contributed by atoms with Crippen molar-refractivity contribution in [1.29, 1.82) is 0 Å². The third-order valence-electron chi connectivity index (χ3n) is 3.24. The summed E-state index contributed by atoms with van der Waals surface area (Å²) in [6.07, 6.45) is -0.730. The molecule has 1 heterocycles. The Labute approximate surface area is 106 Å². The number of hydrogen-bond acceptors (Lipinski definition) is 5. The fourth-order valence-electron chi connectivity index (χ4n) is 2.05. The van der Waals surface area contributed by atoms with Crippen LogP contribution in [0.2, 0.25) is 0 Å². The molecule has 6 nitrogen and oxygen atoms in total. The van der Waals surface area contributed by atoms with E-state index in [1.54, 1.807) is 0 Å². The normalized spacial score (nSPS) is 31.3. The van der Waals surface area contributed by atoms with Crippen LogP contribution < -0.4 is 0 Å². The molecule has 1 fully saturated rings. The molecule has 4 atom stereocenters. The maximum Gasteiger partial charge on any atom is 0.306 e. The van der Waals surface area contributed by atoms with Gasteiger partial charge in [-0.2, -0.15) is 0 Å². The molecular formula is C12H20O6. The summed E-state index contributed by atoms with van der Waals surface area (Å²) in [5.41, 5.74) is 0. The summed E-state index contributed by atoms with van der Waals surface area (Å²) in [7, 11) is 0. The molecule has 0 saturated carbocycles. The second-order valence-corrected chi connectivity index (χ2v) is 4.60. The van der Waals surface area contributed by atoms with E-state index < -0.39 is 18.0 Å². The third-order valence-corrected chi connectivity index (χ3v) is 3.24. The van der Waals surface area contributed by atoms with E-state index in [0.29, 0.717) is 6.42 Å². The van der Waals surface area contributed by atoms with Crippen LogP contribution in [0.5, 0.6) is 0 Å². The fraction of sp³-hybridized carbons (Fsp3) is 0.833. The molecule has 0 bridgehead atoms. The van der Waals surface area contributed by atoms with Crippen LogP contribution in [0.4, 0.5) is 0 Å². The lowest BCUT2D eigenvalue weighted by molar-refractivity contribution is -0.156. The van der Waals surface area contributed by atoms with Crippen molar-refractivity contribution in [2.45, 2.75) is 51.4 Å².